The van der Waals surface area contributed by atoms with E-state index in [1.807, 2.05) is 0 Å². The fourth-order valence-electron chi connectivity index (χ4n) is 2.83. The van der Waals surface area contributed by atoms with Crippen LogP contribution in [0.15, 0.2) is 60.7 Å². The summed E-state index contributed by atoms with van der Waals surface area (Å²) in [5.41, 5.74) is -0.838. The van der Waals surface area contributed by atoms with E-state index < -0.39 is 33.0 Å². The summed E-state index contributed by atoms with van der Waals surface area (Å²) in [6.45, 7) is 0. The molecule has 2 N–H and O–H groups in total. The summed E-state index contributed by atoms with van der Waals surface area (Å²) < 4.78 is 5.25. The average molecular weight is 471 g/mol. The number of rotatable bonds is 7. The fourth-order valence-corrected chi connectivity index (χ4v) is 3.04. The van der Waals surface area contributed by atoms with Crippen LogP contribution in [0.1, 0.15) is 20.7 Å². The third-order valence-corrected chi connectivity index (χ3v) is 4.72. The molecule has 0 aromatic heterocycles. The van der Waals surface area contributed by atoms with Gasteiger partial charge in [-0.3, -0.25) is 29.8 Å². The number of nitro groups is 2. The van der Waals surface area contributed by atoms with Crippen LogP contribution in [-0.4, -0.2) is 28.8 Å². The van der Waals surface area contributed by atoms with Crippen LogP contribution in [0.4, 0.5) is 22.7 Å². The van der Waals surface area contributed by atoms with Gasteiger partial charge in [0, 0.05) is 23.8 Å². The first-order valence-corrected chi connectivity index (χ1v) is 9.56. The Hall–Kier alpha value is -4.51. The van der Waals surface area contributed by atoms with Crippen molar-refractivity contribution in [3.8, 4) is 5.75 Å². The van der Waals surface area contributed by atoms with Gasteiger partial charge in [0.2, 0.25) is 0 Å². The molecule has 12 heteroatoms. The first-order chi connectivity index (χ1) is 15.7. The van der Waals surface area contributed by atoms with Crippen LogP contribution >= 0.6 is 11.6 Å². The van der Waals surface area contributed by atoms with Gasteiger partial charge < -0.3 is 15.4 Å². The van der Waals surface area contributed by atoms with Crippen molar-refractivity contribution in [3.05, 3.63) is 97.0 Å². The maximum absolute atomic E-state index is 12.7. The summed E-state index contributed by atoms with van der Waals surface area (Å²) >= 11 is 6.25. The molecule has 0 aliphatic heterocycles. The molecule has 0 atom stereocenters. The lowest BCUT2D eigenvalue weighted by atomic mass is 10.1. The van der Waals surface area contributed by atoms with Gasteiger partial charge in [0.15, 0.2) is 0 Å². The third kappa shape index (κ3) is 5.40. The standard InChI is InChI=1S/C21H15ClN4O7/c1-33-19-11-17(23-20(27)12-5-3-2-4-6-12)16(22)10-18(19)24-21(28)13-7-14(25(29)30)9-15(8-13)26(31)32/h2-11H,1H3,(H,23,27)(H,24,28). The molecular formula is C21H15ClN4O7. The molecule has 0 unspecified atom stereocenters. The molecule has 33 heavy (non-hydrogen) atoms. The van der Waals surface area contributed by atoms with Crippen LogP contribution in [0.3, 0.4) is 0 Å². The Morgan fingerprint density at radius 3 is 1.91 bits per heavy atom. The smallest absolute Gasteiger partial charge is 0.277 e. The van der Waals surface area contributed by atoms with E-state index in [4.69, 9.17) is 16.3 Å². The van der Waals surface area contributed by atoms with Crippen molar-refractivity contribution in [2.75, 3.05) is 17.7 Å². The Balaban J connectivity index is 1.89. The monoisotopic (exact) mass is 470 g/mol. The number of carbonyl (C=O) groups excluding carboxylic acids is 2. The number of amides is 2. The lowest BCUT2D eigenvalue weighted by Crippen LogP contribution is -2.15. The highest BCUT2D eigenvalue weighted by molar-refractivity contribution is 6.34. The number of methoxy groups -OCH3 is 1. The second kappa shape index (κ2) is 9.75. The Kier molecular flexibility index (Phi) is 6.84. The maximum Gasteiger partial charge on any atom is 0.277 e. The summed E-state index contributed by atoms with van der Waals surface area (Å²) in [5, 5.41) is 27.3. The molecule has 0 heterocycles. The zero-order valence-corrected chi connectivity index (χ0v) is 17.7. The highest BCUT2D eigenvalue weighted by Gasteiger charge is 2.21. The lowest BCUT2D eigenvalue weighted by molar-refractivity contribution is -0.394. The summed E-state index contributed by atoms with van der Waals surface area (Å²) in [7, 11) is 1.32. The number of halogens is 1. The summed E-state index contributed by atoms with van der Waals surface area (Å²) in [6.07, 6.45) is 0. The van der Waals surface area contributed by atoms with Gasteiger partial charge in [-0.15, -0.1) is 0 Å². The van der Waals surface area contributed by atoms with E-state index in [-0.39, 0.29) is 27.7 Å². The highest BCUT2D eigenvalue weighted by Crippen LogP contribution is 2.35. The molecule has 3 rings (SSSR count). The van der Waals surface area contributed by atoms with Gasteiger partial charge in [-0.2, -0.15) is 0 Å². The van der Waals surface area contributed by atoms with E-state index in [1.54, 1.807) is 30.3 Å². The van der Waals surface area contributed by atoms with Crippen molar-refractivity contribution in [3.63, 3.8) is 0 Å². The number of carbonyl (C=O) groups is 2. The first kappa shape index (κ1) is 23.2. The molecule has 0 radical (unpaired) electrons. The Morgan fingerprint density at radius 2 is 1.36 bits per heavy atom. The molecule has 3 aromatic rings. The van der Waals surface area contributed by atoms with Crippen LogP contribution in [0.5, 0.6) is 5.75 Å². The highest BCUT2D eigenvalue weighted by atomic mass is 35.5. The first-order valence-electron chi connectivity index (χ1n) is 9.18. The summed E-state index contributed by atoms with van der Waals surface area (Å²) in [6, 6.07) is 13.7. The predicted octanol–water partition coefficient (Wildman–Crippen LogP) is 4.67. The summed E-state index contributed by atoms with van der Waals surface area (Å²) in [5.74, 6) is -1.16. The third-order valence-electron chi connectivity index (χ3n) is 4.41. The van der Waals surface area contributed by atoms with Crippen LogP contribution < -0.4 is 15.4 Å². The Morgan fingerprint density at radius 1 is 0.818 bits per heavy atom. The zero-order chi connectivity index (χ0) is 24.1. The topological polar surface area (TPSA) is 154 Å². The van der Waals surface area contributed by atoms with E-state index >= 15 is 0 Å². The molecule has 11 nitrogen and oxygen atoms in total. The molecule has 0 spiro atoms. The number of nitrogens with zero attached hydrogens (tertiary/aromatic N) is 2. The van der Waals surface area contributed by atoms with E-state index in [9.17, 15) is 29.8 Å². The van der Waals surface area contributed by atoms with Crippen LogP contribution in [0.25, 0.3) is 0 Å². The summed E-state index contributed by atoms with van der Waals surface area (Å²) in [4.78, 5) is 45.5. The quantitative estimate of drug-likeness (QED) is 0.375. The van der Waals surface area contributed by atoms with E-state index in [0.717, 1.165) is 18.2 Å². The van der Waals surface area contributed by atoms with Crippen molar-refractivity contribution in [2.45, 2.75) is 0 Å². The largest absolute Gasteiger partial charge is 0.494 e. The van der Waals surface area contributed by atoms with Crippen LogP contribution in [-0.2, 0) is 0 Å². The van der Waals surface area contributed by atoms with Crippen molar-refractivity contribution in [1.82, 2.24) is 0 Å². The van der Waals surface area contributed by atoms with Gasteiger partial charge in [-0.05, 0) is 18.2 Å². The minimum Gasteiger partial charge on any atom is -0.494 e. The van der Waals surface area contributed by atoms with Crippen molar-refractivity contribution in [1.29, 1.82) is 0 Å². The van der Waals surface area contributed by atoms with Crippen molar-refractivity contribution in [2.24, 2.45) is 0 Å². The number of benzene rings is 3. The van der Waals surface area contributed by atoms with E-state index in [1.165, 1.54) is 19.2 Å². The van der Waals surface area contributed by atoms with E-state index in [2.05, 4.69) is 10.6 Å². The molecule has 0 fully saturated rings. The van der Waals surface area contributed by atoms with Crippen LogP contribution in [0, 0.1) is 20.2 Å². The molecule has 0 aliphatic carbocycles. The number of hydrogen-bond donors (Lipinski definition) is 2. The maximum atomic E-state index is 12.7. The number of nitrogens with one attached hydrogen (secondary N) is 2. The van der Waals surface area contributed by atoms with Gasteiger partial charge >= 0.3 is 0 Å². The van der Waals surface area contributed by atoms with Crippen molar-refractivity contribution < 1.29 is 24.2 Å². The molecular weight excluding hydrogens is 456 g/mol. The number of hydrogen-bond acceptors (Lipinski definition) is 7. The van der Waals surface area contributed by atoms with Crippen molar-refractivity contribution >= 4 is 46.2 Å². The van der Waals surface area contributed by atoms with Crippen LogP contribution in [0.2, 0.25) is 5.02 Å². The van der Waals surface area contributed by atoms with E-state index in [0.29, 0.717) is 5.56 Å². The molecule has 0 bridgehead atoms. The van der Waals surface area contributed by atoms with Gasteiger partial charge in [-0.1, -0.05) is 29.8 Å². The van der Waals surface area contributed by atoms with Gasteiger partial charge in [-0.25, -0.2) is 0 Å². The number of anilines is 2. The predicted molar refractivity (Wildman–Crippen MR) is 120 cm³/mol. The molecule has 168 valence electrons. The fraction of sp³-hybridized carbons (Fsp3) is 0.0476. The van der Waals surface area contributed by atoms with Gasteiger partial charge in [0.1, 0.15) is 5.75 Å². The second-order valence-corrected chi connectivity index (χ2v) is 6.97. The average Bonchev–Trinajstić information content (AvgIpc) is 2.80. The molecule has 0 saturated heterocycles. The molecule has 0 aliphatic rings. The van der Waals surface area contributed by atoms with Gasteiger partial charge in [0.25, 0.3) is 23.2 Å². The number of nitro benzene ring substituents is 2. The van der Waals surface area contributed by atoms with Gasteiger partial charge in [0.05, 0.1) is 45.0 Å². The molecule has 3 aromatic carbocycles. The molecule has 2 amide bonds. The second-order valence-electron chi connectivity index (χ2n) is 6.56. The Bertz CT molecular complexity index is 1230. The minimum atomic E-state index is -0.864. The molecule has 0 saturated carbocycles. The number of ether oxygens (including phenoxy) is 1. The number of non-ortho nitro benzene ring substituents is 2. The lowest BCUT2D eigenvalue weighted by Gasteiger charge is -2.14. The zero-order valence-electron chi connectivity index (χ0n) is 16.9. The SMILES string of the molecule is COc1cc(NC(=O)c2ccccc2)c(Cl)cc1NC(=O)c1cc([N+](=O)[O-])cc([N+](=O)[O-])c1. The normalized spacial score (nSPS) is 10.2. The minimum absolute atomic E-state index is 0.0698. The Labute approximate surface area is 191 Å².